The predicted molar refractivity (Wildman–Crippen MR) is 71.7 cm³/mol. The van der Waals surface area contributed by atoms with Gasteiger partial charge >= 0.3 is 0 Å². The molecule has 1 aromatic rings. The molecule has 0 N–H and O–H groups in total. The van der Waals surface area contributed by atoms with Crippen LogP contribution in [0.4, 0.5) is 0 Å². The van der Waals surface area contributed by atoms with E-state index in [1.165, 1.54) is 0 Å². The molecule has 2 rings (SSSR count). The summed E-state index contributed by atoms with van der Waals surface area (Å²) in [4.78, 5) is 2.35. The molecule has 0 aliphatic carbocycles. The van der Waals surface area contributed by atoms with Gasteiger partial charge in [-0.25, -0.2) is 0 Å². The highest BCUT2D eigenvalue weighted by Gasteiger charge is 2.15. The second-order valence-electron chi connectivity index (χ2n) is 4.48. The molecule has 4 heteroatoms. The molecule has 0 radical (unpaired) electrons. The molecule has 0 saturated carbocycles. The highest BCUT2D eigenvalue weighted by Crippen LogP contribution is 2.21. The van der Waals surface area contributed by atoms with E-state index in [2.05, 4.69) is 11.0 Å². The molecule has 1 aliphatic rings. The first-order chi connectivity index (χ1) is 8.79. The van der Waals surface area contributed by atoms with Crippen LogP contribution in [0.1, 0.15) is 17.9 Å². The van der Waals surface area contributed by atoms with Gasteiger partial charge in [0.05, 0.1) is 25.2 Å². The molecule has 1 aromatic carbocycles. The number of hydrogen-bond acceptors (Lipinski definition) is 3. The van der Waals surface area contributed by atoms with Crippen molar-refractivity contribution in [1.29, 1.82) is 5.26 Å². The molecule has 1 atom stereocenters. The van der Waals surface area contributed by atoms with Gasteiger partial charge in [-0.05, 0) is 30.7 Å². The Hall–Kier alpha value is -1.08. The fourth-order valence-corrected chi connectivity index (χ4v) is 2.26. The van der Waals surface area contributed by atoms with E-state index in [1.54, 1.807) is 0 Å². The molecule has 0 aromatic heterocycles. The summed E-state index contributed by atoms with van der Waals surface area (Å²) in [6, 6.07) is 9.94. The van der Waals surface area contributed by atoms with Crippen molar-refractivity contribution < 1.29 is 4.74 Å². The van der Waals surface area contributed by atoms with Crippen LogP contribution in [0, 0.1) is 11.3 Å². The van der Waals surface area contributed by atoms with Gasteiger partial charge in [0.2, 0.25) is 0 Å². The Morgan fingerprint density at radius 1 is 1.28 bits per heavy atom. The molecule has 0 amide bonds. The number of morpholine rings is 1. The van der Waals surface area contributed by atoms with E-state index in [4.69, 9.17) is 16.3 Å². The third kappa shape index (κ3) is 3.71. The average Bonchev–Trinajstić information content (AvgIpc) is 2.42. The topological polar surface area (TPSA) is 36.3 Å². The van der Waals surface area contributed by atoms with Crippen molar-refractivity contribution >= 4 is 11.6 Å². The van der Waals surface area contributed by atoms with Crippen LogP contribution >= 0.6 is 11.6 Å². The Labute approximate surface area is 113 Å². The van der Waals surface area contributed by atoms with Gasteiger partial charge in [0.15, 0.2) is 0 Å². The number of benzene rings is 1. The molecular weight excluding hydrogens is 248 g/mol. The first kappa shape index (κ1) is 13.4. The molecule has 1 saturated heterocycles. The second kappa shape index (κ2) is 6.75. The van der Waals surface area contributed by atoms with Crippen molar-refractivity contribution in [2.24, 2.45) is 0 Å². The fourth-order valence-electron chi connectivity index (χ4n) is 2.14. The van der Waals surface area contributed by atoms with Crippen molar-refractivity contribution in [3.8, 4) is 6.07 Å². The lowest BCUT2D eigenvalue weighted by molar-refractivity contribution is 0.0371. The molecule has 0 spiro atoms. The molecule has 3 nitrogen and oxygen atoms in total. The summed E-state index contributed by atoms with van der Waals surface area (Å²) in [5.41, 5.74) is 1.05. The number of halogens is 1. The first-order valence-corrected chi connectivity index (χ1v) is 6.62. The average molecular weight is 265 g/mol. The summed E-state index contributed by atoms with van der Waals surface area (Å²) in [5, 5.41) is 9.96. The van der Waals surface area contributed by atoms with Crippen LogP contribution in [0.25, 0.3) is 0 Å². The Bertz CT molecular complexity index is 407. The third-order valence-electron chi connectivity index (χ3n) is 3.27. The van der Waals surface area contributed by atoms with Gasteiger partial charge < -0.3 is 4.74 Å². The number of ether oxygens (including phenoxy) is 1. The minimum absolute atomic E-state index is 0.0508. The zero-order chi connectivity index (χ0) is 12.8. The third-order valence-corrected chi connectivity index (χ3v) is 3.52. The van der Waals surface area contributed by atoms with Gasteiger partial charge in [0.25, 0.3) is 0 Å². The van der Waals surface area contributed by atoms with Crippen LogP contribution in [0.2, 0.25) is 5.02 Å². The highest BCUT2D eigenvalue weighted by atomic mass is 35.5. The quantitative estimate of drug-likeness (QED) is 0.839. The Morgan fingerprint density at radius 2 is 1.94 bits per heavy atom. The smallest absolute Gasteiger partial charge is 0.0724 e. The lowest BCUT2D eigenvalue weighted by Crippen LogP contribution is -2.37. The Balaban J connectivity index is 1.89. The lowest BCUT2D eigenvalue weighted by atomic mass is 9.97. The van der Waals surface area contributed by atoms with Gasteiger partial charge in [0.1, 0.15) is 0 Å². The Morgan fingerprint density at radius 3 is 2.56 bits per heavy atom. The van der Waals surface area contributed by atoms with Gasteiger partial charge in [-0.2, -0.15) is 5.26 Å². The summed E-state index contributed by atoms with van der Waals surface area (Å²) >= 11 is 5.85. The van der Waals surface area contributed by atoms with E-state index in [0.717, 1.165) is 44.8 Å². The first-order valence-electron chi connectivity index (χ1n) is 6.25. The molecule has 0 bridgehead atoms. The van der Waals surface area contributed by atoms with Crippen LogP contribution in [0.3, 0.4) is 0 Å². The number of nitrogens with zero attached hydrogens (tertiary/aromatic N) is 2. The fraction of sp³-hybridized carbons (Fsp3) is 0.500. The second-order valence-corrected chi connectivity index (χ2v) is 4.91. The summed E-state index contributed by atoms with van der Waals surface area (Å²) in [7, 11) is 0. The summed E-state index contributed by atoms with van der Waals surface area (Å²) < 4.78 is 5.31. The molecule has 96 valence electrons. The molecule has 1 aliphatic heterocycles. The number of rotatable bonds is 4. The maximum absolute atomic E-state index is 9.25. The van der Waals surface area contributed by atoms with Crippen molar-refractivity contribution in [2.75, 3.05) is 32.8 Å². The zero-order valence-corrected chi connectivity index (χ0v) is 11.1. The lowest BCUT2D eigenvalue weighted by Gasteiger charge is -2.27. The summed E-state index contributed by atoms with van der Waals surface area (Å²) in [5.74, 6) is -0.0508. The monoisotopic (exact) mass is 264 g/mol. The van der Waals surface area contributed by atoms with Gasteiger partial charge in [-0.3, -0.25) is 4.90 Å². The maximum Gasteiger partial charge on any atom is 0.0724 e. The number of hydrogen-bond donors (Lipinski definition) is 0. The van der Waals surface area contributed by atoms with E-state index < -0.39 is 0 Å². The van der Waals surface area contributed by atoms with Gasteiger partial charge in [-0.1, -0.05) is 23.7 Å². The largest absolute Gasteiger partial charge is 0.379 e. The summed E-state index contributed by atoms with van der Waals surface area (Å²) in [6.45, 7) is 4.50. The summed E-state index contributed by atoms with van der Waals surface area (Å²) in [6.07, 6.45) is 0.859. The van der Waals surface area contributed by atoms with Crippen LogP contribution in [-0.4, -0.2) is 37.7 Å². The molecule has 1 fully saturated rings. The van der Waals surface area contributed by atoms with Crippen LogP contribution in [0.5, 0.6) is 0 Å². The van der Waals surface area contributed by atoms with Crippen LogP contribution in [0.15, 0.2) is 24.3 Å². The number of nitriles is 1. The maximum atomic E-state index is 9.25. The van der Waals surface area contributed by atoms with Crippen molar-refractivity contribution in [2.45, 2.75) is 12.3 Å². The minimum atomic E-state index is -0.0508. The Kier molecular flexibility index (Phi) is 5.00. The molecule has 1 heterocycles. The van der Waals surface area contributed by atoms with Gasteiger partial charge in [-0.15, -0.1) is 0 Å². The molecule has 1 unspecified atom stereocenters. The SMILES string of the molecule is N#CC(CCN1CCOCC1)c1ccc(Cl)cc1. The van der Waals surface area contributed by atoms with Crippen molar-refractivity contribution in [1.82, 2.24) is 4.90 Å². The van der Waals surface area contributed by atoms with E-state index in [0.29, 0.717) is 5.02 Å². The van der Waals surface area contributed by atoms with E-state index in [-0.39, 0.29) is 5.92 Å². The zero-order valence-electron chi connectivity index (χ0n) is 10.3. The van der Waals surface area contributed by atoms with E-state index >= 15 is 0 Å². The predicted octanol–water partition coefficient (Wildman–Crippen LogP) is 2.67. The van der Waals surface area contributed by atoms with E-state index in [9.17, 15) is 5.26 Å². The molecular formula is C14H17ClN2O. The molecule has 18 heavy (non-hydrogen) atoms. The normalized spacial score (nSPS) is 18.2. The van der Waals surface area contributed by atoms with Crippen LogP contribution < -0.4 is 0 Å². The van der Waals surface area contributed by atoms with Crippen molar-refractivity contribution in [3.63, 3.8) is 0 Å². The van der Waals surface area contributed by atoms with Crippen LogP contribution in [-0.2, 0) is 4.74 Å². The highest BCUT2D eigenvalue weighted by molar-refractivity contribution is 6.30. The van der Waals surface area contributed by atoms with E-state index in [1.807, 2.05) is 24.3 Å². The van der Waals surface area contributed by atoms with Crippen molar-refractivity contribution in [3.05, 3.63) is 34.9 Å². The van der Waals surface area contributed by atoms with Gasteiger partial charge in [0, 0.05) is 18.1 Å². The minimum Gasteiger partial charge on any atom is -0.379 e. The standard InChI is InChI=1S/C14H17ClN2O/c15-14-3-1-12(2-4-14)13(11-16)5-6-17-7-9-18-10-8-17/h1-4,13H,5-10H2.